The number of Topliss-reactive ketones (excluding diaryl/α,β-unsaturated/α-hetero) is 2. The summed E-state index contributed by atoms with van der Waals surface area (Å²) in [4.78, 5) is 47.8. The number of methoxy groups -OCH3 is 1. The van der Waals surface area contributed by atoms with Gasteiger partial charge in [0.05, 0.1) is 18.2 Å². The number of rotatable bonds is 10. The standard InChI is InChI=1S/C20H24N2O6/c1-4-12(14(23)5-2)9-13-10-22-8-6-7-15(28-11-16(24)27-3)18(22)17(13)19(25)20(21)26/h6-8,10,12H,4-5,9,11H2,1-3H3,(H2,21,26). The third kappa shape index (κ3) is 4.39. The number of ether oxygens (including phenoxy) is 2. The number of esters is 1. The second kappa shape index (κ2) is 9.16. The molecule has 1 unspecified atom stereocenters. The molecule has 8 nitrogen and oxygen atoms in total. The zero-order valence-corrected chi connectivity index (χ0v) is 16.2. The van der Waals surface area contributed by atoms with Gasteiger partial charge in [-0.25, -0.2) is 4.79 Å². The molecule has 2 rings (SSSR count). The molecule has 2 heterocycles. The molecule has 2 N–H and O–H groups in total. The second-order valence-corrected chi connectivity index (χ2v) is 6.34. The van der Waals surface area contributed by atoms with Gasteiger partial charge in [-0.05, 0) is 30.5 Å². The van der Waals surface area contributed by atoms with E-state index in [9.17, 15) is 19.2 Å². The zero-order chi connectivity index (χ0) is 20.8. The highest BCUT2D eigenvalue weighted by molar-refractivity contribution is 6.44. The van der Waals surface area contributed by atoms with Crippen molar-refractivity contribution in [3.63, 3.8) is 0 Å². The maximum atomic E-state index is 12.6. The van der Waals surface area contributed by atoms with E-state index in [0.717, 1.165) is 0 Å². The van der Waals surface area contributed by atoms with Crippen LogP contribution in [0, 0.1) is 5.92 Å². The lowest BCUT2D eigenvalue weighted by Crippen LogP contribution is -2.25. The highest BCUT2D eigenvalue weighted by atomic mass is 16.6. The molecule has 2 aromatic rings. The van der Waals surface area contributed by atoms with Crippen LogP contribution in [0.3, 0.4) is 0 Å². The van der Waals surface area contributed by atoms with Gasteiger partial charge in [-0.3, -0.25) is 14.4 Å². The van der Waals surface area contributed by atoms with E-state index in [1.165, 1.54) is 7.11 Å². The Morgan fingerprint density at radius 3 is 2.50 bits per heavy atom. The number of aromatic nitrogens is 1. The first kappa shape index (κ1) is 21.1. The molecule has 0 bridgehead atoms. The number of pyridine rings is 1. The van der Waals surface area contributed by atoms with Gasteiger partial charge in [0.15, 0.2) is 6.61 Å². The maximum Gasteiger partial charge on any atom is 0.343 e. The van der Waals surface area contributed by atoms with Gasteiger partial charge in [-0.15, -0.1) is 0 Å². The molecular formula is C20H24N2O6. The highest BCUT2D eigenvalue weighted by Gasteiger charge is 2.27. The van der Waals surface area contributed by atoms with Crippen LogP contribution >= 0.6 is 0 Å². The lowest BCUT2D eigenvalue weighted by Gasteiger charge is -2.13. The number of ketones is 2. The molecule has 0 aliphatic rings. The topological polar surface area (TPSA) is 117 Å². The third-order valence-corrected chi connectivity index (χ3v) is 4.63. The van der Waals surface area contributed by atoms with E-state index < -0.39 is 17.7 Å². The molecule has 0 spiro atoms. The molecule has 0 aromatic carbocycles. The van der Waals surface area contributed by atoms with Gasteiger partial charge < -0.3 is 19.6 Å². The summed E-state index contributed by atoms with van der Waals surface area (Å²) in [6, 6.07) is 3.25. The molecule has 0 saturated heterocycles. The Hall–Kier alpha value is -3.16. The van der Waals surface area contributed by atoms with Crippen LogP contribution in [0.25, 0.3) is 5.52 Å². The van der Waals surface area contributed by atoms with Crippen molar-refractivity contribution in [3.05, 3.63) is 35.7 Å². The van der Waals surface area contributed by atoms with Crippen molar-refractivity contribution >= 4 is 29.0 Å². The van der Waals surface area contributed by atoms with Crippen molar-refractivity contribution in [2.45, 2.75) is 33.1 Å². The van der Waals surface area contributed by atoms with Gasteiger partial charge in [0.1, 0.15) is 11.5 Å². The number of primary amides is 1. The van der Waals surface area contributed by atoms with Crippen LogP contribution in [0.2, 0.25) is 0 Å². The molecule has 0 aliphatic carbocycles. The highest BCUT2D eigenvalue weighted by Crippen LogP contribution is 2.30. The molecule has 0 fully saturated rings. The number of nitrogens with two attached hydrogens (primary N) is 1. The van der Waals surface area contributed by atoms with E-state index in [1.54, 1.807) is 35.9 Å². The number of nitrogens with zero attached hydrogens (tertiary/aromatic N) is 1. The number of carbonyl (C=O) groups excluding carboxylic acids is 4. The number of fused-ring (bicyclic) bond motifs is 1. The van der Waals surface area contributed by atoms with Crippen molar-refractivity contribution in [3.8, 4) is 5.75 Å². The fourth-order valence-electron chi connectivity index (χ4n) is 3.13. The summed E-state index contributed by atoms with van der Waals surface area (Å²) in [6.07, 6.45) is 4.66. The Balaban J connectivity index is 2.59. The largest absolute Gasteiger partial charge is 0.480 e. The minimum Gasteiger partial charge on any atom is -0.480 e. The zero-order valence-electron chi connectivity index (χ0n) is 16.2. The van der Waals surface area contributed by atoms with Gasteiger partial charge in [0.25, 0.3) is 11.7 Å². The summed E-state index contributed by atoms with van der Waals surface area (Å²) in [6.45, 7) is 3.33. The summed E-state index contributed by atoms with van der Waals surface area (Å²) in [5.41, 5.74) is 6.20. The Morgan fingerprint density at radius 1 is 1.21 bits per heavy atom. The molecule has 2 aromatic heterocycles. The first-order valence-electron chi connectivity index (χ1n) is 9.02. The first-order valence-corrected chi connectivity index (χ1v) is 9.02. The Morgan fingerprint density at radius 2 is 1.93 bits per heavy atom. The van der Waals surface area contributed by atoms with Crippen molar-refractivity contribution < 1.29 is 28.7 Å². The van der Waals surface area contributed by atoms with Crippen LogP contribution in [0.4, 0.5) is 0 Å². The molecule has 0 aliphatic heterocycles. The minimum atomic E-state index is -1.10. The smallest absolute Gasteiger partial charge is 0.343 e. The van der Waals surface area contributed by atoms with Crippen LogP contribution in [0.1, 0.15) is 42.6 Å². The monoisotopic (exact) mass is 388 g/mol. The third-order valence-electron chi connectivity index (χ3n) is 4.63. The van der Waals surface area contributed by atoms with Gasteiger partial charge in [0, 0.05) is 24.7 Å². The van der Waals surface area contributed by atoms with E-state index in [4.69, 9.17) is 10.5 Å². The molecule has 8 heteroatoms. The Labute approximate surface area is 162 Å². The quantitative estimate of drug-likeness (QED) is 0.376. The average Bonchev–Trinajstić information content (AvgIpc) is 3.07. The maximum absolute atomic E-state index is 12.6. The number of hydrogen-bond acceptors (Lipinski definition) is 6. The Bertz CT molecular complexity index is 915. The van der Waals surface area contributed by atoms with Crippen molar-refractivity contribution in [2.75, 3.05) is 13.7 Å². The average molecular weight is 388 g/mol. The lowest BCUT2D eigenvalue weighted by molar-refractivity contribution is -0.142. The number of amides is 1. The molecular weight excluding hydrogens is 364 g/mol. The molecule has 0 saturated carbocycles. The summed E-state index contributed by atoms with van der Waals surface area (Å²) >= 11 is 0. The fraction of sp³-hybridized carbons (Fsp3) is 0.400. The van der Waals surface area contributed by atoms with E-state index in [0.29, 0.717) is 30.3 Å². The number of hydrogen-bond donors (Lipinski definition) is 1. The SMILES string of the molecule is CCC(=O)C(CC)Cc1cn2cccc(OCC(=O)OC)c2c1C(=O)C(N)=O. The van der Waals surface area contributed by atoms with E-state index >= 15 is 0 Å². The predicted molar refractivity (Wildman–Crippen MR) is 101 cm³/mol. The van der Waals surface area contributed by atoms with Crippen LogP contribution in [-0.4, -0.2) is 41.6 Å². The van der Waals surface area contributed by atoms with Gasteiger partial charge in [-0.2, -0.15) is 0 Å². The minimum absolute atomic E-state index is 0.0809. The van der Waals surface area contributed by atoms with Crippen molar-refractivity contribution in [2.24, 2.45) is 11.7 Å². The van der Waals surface area contributed by atoms with Crippen LogP contribution in [-0.2, 0) is 25.5 Å². The first-order chi connectivity index (χ1) is 13.3. The number of carbonyl (C=O) groups is 4. The molecule has 28 heavy (non-hydrogen) atoms. The van der Waals surface area contributed by atoms with Crippen molar-refractivity contribution in [1.82, 2.24) is 4.40 Å². The summed E-state index contributed by atoms with van der Waals surface area (Å²) in [5.74, 6) is -2.52. The van der Waals surface area contributed by atoms with Crippen LogP contribution < -0.4 is 10.5 Å². The van der Waals surface area contributed by atoms with Gasteiger partial charge in [0.2, 0.25) is 0 Å². The lowest BCUT2D eigenvalue weighted by atomic mass is 9.90. The van der Waals surface area contributed by atoms with Crippen LogP contribution in [0.5, 0.6) is 5.75 Å². The van der Waals surface area contributed by atoms with Crippen molar-refractivity contribution in [1.29, 1.82) is 0 Å². The molecule has 1 amide bonds. The molecule has 150 valence electrons. The molecule has 0 radical (unpaired) electrons. The van der Waals surface area contributed by atoms with Crippen LogP contribution in [0.15, 0.2) is 24.5 Å². The van der Waals surface area contributed by atoms with E-state index in [1.807, 2.05) is 6.92 Å². The normalized spacial score (nSPS) is 11.8. The fourth-order valence-corrected chi connectivity index (χ4v) is 3.13. The van der Waals surface area contributed by atoms with Gasteiger partial charge >= 0.3 is 5.97 Å². The molecule has 1 atom stereocenters. The summed E-state index contributed by atoms with van der Waals surface area (Å²) in [7, 11) is 1.24. The summed E-state index contributed by atoms with van der Waals surface area (Å²) in [5, 5.41) is 0. The Kier molecular flexibility index (Phi) is 6.92. The second-order valence-electron chi connectivity index (χ2n) is 6.34. The van der Waals surface area contributed by atoms with Gasteiger partial charge in [-0.1, -0.05) is 13.8 Å². The predicted octanol–water partition coefficient (Wildman–Crippen LogP) is 1.71. The van der Waals surface area contributed by atoms with E-state index in [2.05, 4.69) is 4.74 Å². The van der Waals surface area contributed by atoms with E-state index in [-0.39, 0.29) is 29.6 Å². The summed E-state index contributed by atoms with van der Waals surface area (Å²) < 4.78 is 11.7.